The highest BCUT2D eigenvalue weighted by Crippen LogP contribution is 2.31. The number of nitrogens with zero attached hydrogens (tertiary/aromatic N) is 4. The van der Waals surface area contributed by atoms with Crippen molar-refractivity contribution in [1.29, 1.82) is 0 Å². The van der Waals surface area contributed by atoms with E-state index in [-0.39, 0.29) is 11.6 Å². The lowest BCUT2D eigenvalue weighted by Crippen LogP contribution is -3.13. The Labute approximate surface area is 170 Å². The van der Waals surface area contributed by atoms with Gasteiger partial charge in [0.2, 0.25) is 5.82 Å². The van der Waals surface area contributed by atoms with E-state index in [0.717, 1.165) is 53.8 Å². The zero-order valence-electron chi connectivity index (χ0n) is 17.0. The lowest BCUT2D eigenvalue weighted by atomic mass is 10.00. The van der Waals surface area contributed by atoms with Crippen LogP contribution in [-0.2, 0) is 0 Å². The number of hydrogen-bond donors (Lipinski definition) is 2. The fraction of sp³-hybridized carbons (Fsp3) is 0.545. The largest absolute Gasteiger partial charge is 0.322 e. The second kappa shape index (κ2) is 7.71. The number of aromatic nitrogens is 5. The van der Waals surface area contributed by atoms with Crippen LogP contribution >= 0.6 is 0 Å². The van der Waals surface area contributed by atoms with Crippen molar-refractivity contribution in [3.8, 4) is 0 Å². The highest BCUT2D eigenvalue weighted by Gasteiger charge is 2.36. The highest BCUT2D eigenvalue weighted by molar-refractivity contribution is 5.79. The maximum Gasteiger partial charge on any atom is 0.258 e. The molecule has 2 aliphatic rings. The van der Waals surface area contributed by atoms with Crippen molar-refractivity contribution >= 4 is 10.9 Å². The molecule has 2 aromatic heterocycles. The van der Waals surface area contributed by atoms with Crippen LogP contribution in [0.3, 0.4) is 0 Å². The van der Waals surface area contributed by atoms with Crippen molar-refractivity contribution in [2.45, 2.75) is 64.0 Å². The SMILES string of the molecule is Cc1ccc2cc([C@H](c3nnnn3C3CCCC3)[NH+]3CCCCC3)c(=O)[nH]c2c1. The number of likely N-dealkylation sites (tertiary alicyclic amines) is 1. The number of H-pyrrole nitrogens is 1. The number of piperidine rings is 1. The number of quaternary nitrogens is 1. The van der Waals surface area contributed by atoms with Gasteiger partial charge in [-0.2, -0.15) is 0 Å². The first-order chi connectivity index (χ1) is 14.2. The third-order valence-electron chi connectivity index (χ3n) is 6.69. The average molecular weight is 394 g/mol. The van der Waals surface area contributed by atoms with Crippen LogP contribution in [0, 0.1) is 6.92 Å². The minimum atomic E-state index is -0.125. The van der Waals surface area contributed by atoms with Gasteiger partial charge < -0.3 is 9.88 Å². The number of fused-ring (bicyclic) bond motifs is 1. The average Bonchev–Trinajstić information content (AvgIpc) is 3.41. The predicted molar refractivity (Wildman–Crippen MR) is 111 cm³/mol. The van der Waals surface area contributed by atoms with Crippen LogP contribution < -0.4 is 10.5 Å². The van der Waals surface area contributed by atoms with Gasteiger partial charge in [0, 0.05) is 5.52 Å². The molecule has 0 spiro atoms. The van der Waals surface area contributed by atoms with Crippen LogP contribution in [0.1, 0.15) is 74.0 Å². The zero-order valence-corrected chi connectivity index (χ0v) is 17.0. The van der Waals surface area contributed by atoms with E-state index < -0.39 is 0 Å². The van der Waals surface area contributed by atoms with E-state index in [2.05, 4.69) is 38.7 Å². The number of benzene rings is 1. The molecule has 152 valence electrons. The molecule has 0 radical (unpaired) electrons. The summed E-state index contributed by atoms with van der Waals surface area (Å²) in [6, 6.07) is 8.51. The van der Waals surface area contributed by atoms with Gasteiger partial charge in [-0.15, -0.1) is 5.10 Å². The molecule has 1 saturated carbocycles. The molecule has 7 nitrogen and oxygen atoms in total. The number of pyridine rings is 1. The first-order valence-electron chi connectivity index (χ1n) is 11.0. The lowest BCUT2D eigenvalue weighted by Gasteiger charge is -2.31. The minimum absolute atomic E-state index is 0.0212. The Hall–Kier alpha value is -2.54. The fourth-order valence-corrected chi connectivity index (χ4v) is 5.18. The zero-order chi connectivity index (χ0) is 19.8. The molecule has 5 rings (SSSR count). The normalized spacial score (nSPS) is 19.8. The molecule has 0 bridgehead atoms. The summed E-state index contributed by atoms with van der Waals surface area (Å²) in [5.41, 5.74) is 2.80. The van der Waals surface area contributed by atoms with Gasteiger partial charge in [0.15, 0.2) is 6.04 Å². The van der Waals surface area contributed by atoms with Crippen LogP contribution in [0.4, 0.5) is 0 Å². The van der Waals surface area contributed by atoms with Crippen molar-refractivity contribution in [3.05, 3.63) is 51.6 Å². The molecule has 1 aliphatic heterocycles. The van der Waals surface area contributed by atoms with Gasteiger partial charge in [-0.25, -0.2) is 4.68 Å². The summed E-state index contributed by atoms with van der Waals surface area (Å²) in [4.78, 5) is 17.7. The maximum atomic E-state index is 13.2. The molecule has 1 saturated heterocycles. The quantitative estimate of drug-likeness (QED) is 0.711. The van der Waals surface area contributed by atoms with Crippen molar-refractivity contribution in [1.82, 2.24) is 25.2 Å². The van der Waals surface area contributed by atoms with Crippen molar-refractivity contribution in [3.63, 3.8) is 0 Å². The molecule has 3 aromatic rings. The minimum Gasteiger partial charge on any atom is -0.322 e. The molecule has 1 atom stereocenters. The molecule has 3 heterocycles. The summed E-state index contributed by atoms with van der Waals surface area (Å²) in [5.74, 6) is 0.853. The monoisotopic (exact) mass is 393 g/mol. The lowest BCUT2D eigenvalue weighted by molar-refractivity contribution is -0.931. The van der Waals surface area contributed by atoms with Crippen LogP contribution in [0.25, 0.3) is 10.9 Å². The molecule has 0 amide bonds. The Morgan fingerprint density at radius 3 is 2.69 bits per heavy atom. The van der Waals surface area contributed by atoms with Crippen molar-refractivity contribution < 1.29 is 4.90 Å². The summed E-state index contributed by atoms with van der Waals surface area (Å²) in [6.45, 7) is 4.14. The first kappa shape index (κ1) is 18.5. The third kappa shape index (κ3) is 3.48. The Morgan fingerprint density at radius 1 is 1.10 bits per heavy atom. The summed E-state index contributed by atoms with van der Waals surface area (Å²) >= 11 is 0. The topological polar surface area (TPSA) is 80.9 Å². The summed E-state index contributed by atoms with van der Waals surface area (Å²) in [6.07, 6.45) is 8.31. The second-order valence-electron chi connectivity index (χ2n) is 8.72. The number of aryl methyl sites for hydroxylation is 1. The number of tetrazole rings is 1. The Kier molecular flexibility index (Phi) is 4.91. The number of rotatable bonds is 4. The predicted octanol–water partition coefficient (Wildman–Crippen LogP) is 2.10. The van der Waals surface area contributed by atoms with Crippen LogP contribution in [0.2, 0.25) is 0 Å². The van der Waals surface area contributed by atoms with Gasteiger partial charge in [-0.3, -0.25) is 4.79 Å². The standard InChI is InChI=1S/C22H28N6O/c1-15-9-10-16-14-18(22(29)23-19(16)13-15)20(27-11-5-2-6-12-27)21-24-25-26-28(21)17-7-3-4-8-17/h9-10,13-14,17,20H,2-8,11-12H2,1H3,(H,23,29)/p+1/t20-/m1/s1. The molecular formula is C22H29N6O+. The number of hydrogen-bond acceptors (Lipinski definition) is 4. The van der Waals surface area contributed by atoms with Gasteiger partial charge in [-0.1, -0.05) is 25.0 Å². The third-order valence-corrected chi connectivity index (χ3v) is 6.69. The van der Waals surface area contributed by atoms with Crippen molar-refractivity contribution in [2.75, 3.05) is 13.1 Å². The van der Waals surface area contributed by atoms with Gasteiger partial charge in [0.05, 0.1) is 24.7 Å². The maximum absolute atomic E-state index is 13.2. The van der Waals surface area contributed by atoms with E-state index >= 15 is 0 Å². The van der Waals surface area contributed by atoms with Crippen LogP contribution in [0.5, 0.6) is 0 Å². The Balaban J connectivity index is 1.65. The van der Waals surface area contributed by atoms with E-state index in [1.54, 1.807) is 0 Å². The number of nitrogens with one attached hydrogen (secondary N) is 2. The Morgan fingerprint density at radius 2 is 1.90 bits per heavy atom. The Bertz CT molecular complexity index is 1060. The van der Waals surface area contributed by atoms with E-state index in [9.17, 15) is 4.79 Å². The van der Waals surface area contributed by atoms with E-state index in [1.165, 1.54) is 37.0 Å². The summed E-state index contributed by atoms with van der Waals surface area (Å²) in [5, 5.41) is 14.0. The summed E-state index contributed by atoms with van der Waals surface area (Å²) < 4.78 is 2.03. The van der Waals surface area contributed by atoms with Crippen LogP contribution in [-0.4, -0.2) is 38.3 Å². The number of aromatic amines is 1. The molecule has 2 N–H and O–H groups in total. The van der Waals surface area contributed by atoms with E-state index in [0.29, 0.717) is 6.04 Å². The van der Waals surface area contributed by atoms with Crippen LogP contribution in [0.15, 0.2) is 29.1 Å². The molecule has 29 heavy (non-hydrogen) atoms. The fourth-order valence-electron chi connectivity index (χ4n) is 5.18. The smallest absolute Gasteiger partial charge is 0.258 e. The highest BCUT2D eigenvalue weighted by atomic mass is 16.1. The first-order valence-corrected chi connectivity index (χ1v) is 11.0. The molecule has 0 unspecified atom stereocenters. The second-order valence-corrected chi connectivity index (χ2v) is 8.72. The van der Waals surface area contributed by atoms with E-state index in [1.807, 2.05) is 17.7 Å². The molecule has 2 fully saturated rings. The van der Waals surface area contributed by atoms with Gasteiger partial charge in [-0.05, 0) is 72.5 Å². The molecule has 7 heteroatoms. The van der Waals surface area contributed by atoms with Crippen molar-refractivity contribution in [2.24, 2.45) is 0 Å². The molecular weight excluding hydrogens is 364 g/mol. The summed E-state index contributed by atoms with van der Waals surface area (Å²) in [7, 11) is 0. The van der Waals surface area contributed by atoms with Gasteiger partial charge in [0.25, 0.3) is 5.56 Å². The molecule has 1 aliphatic carbocycles. The molecule has 1 aromatic carbocycles. The van der Waals surface area contributed by atoms with Gasteiger partial charge in [0.1, 0.15) is 0 Å². The van der Waals surface area contributed by atoms with E-state index in [4.69, 9.17) is 0 Å². The van der Waals surface area contributed by atoms with Gasteiger partial charge >= 0.3 is 0 Å².